The van der Waals surface area contributed by atoms with Crippen LogP contribution in [0.2, 0.25) is 0 Å². The monoisotopic (exact) mass is 332 g/mol. The second kappa shape index (κ2) is 7.63. The van der Waals surface area contributed by atoms with Gasteiger partial charge in [-0.25, -0.2) is 0 Å². The lowest BCUT2D eigenvalue weighted by Gasteiger charge is -2.16. The number of carbonyl (C=O) groups excluding carboxylic acids is 2. The number of nitriles is 2. The van der Waals surface area contributed by atoms with Crippen molar-refractivity contribution >= 4 is 11.8 Å². The molecule has 0 heterocycles. The second-order valence-electron chi connectivity index (χ2n) is 7.13. The third kappa shape index (κ3) is 4.46. The van der Waals surface area contributed by atoms with E-state index in [1.54, 1.807) is 12.4 Å². The van der Waals surface area contributed by atoms with Gasteiger partial charge in [0.1, 0.15) is 0 Å². The maximum atomic E-state index is 11.8. The lowest BCUT2D eigenvalue weighted by Crippen LogP contribution is -2.29. The van der Waals surface area contributed by atoms with Gasteiger partial charge in [-0.05, 0) is 64.2 Å². The number of rotatable bonds is 10. The molecule has 0 spiro atoms. The molecule has 2 fully saturated rings. The van der Waals surface area contributed by atoms with Crippen molar-refractivity contribution in [2.24, 2.45) is 10.8 Å². The van der Waals surface area contributed by atoms with Gasteiger partial charge in [-0.2, -0.15) is 10.5 Å². The zero-order chi connectivity index (χ0) is 17.6. The predicted octanol–water partition coefficient (Wildman–Crippen LogP) is 1.44. The summed E-state index contributed by atoms with van der Waals surface area (Å²) in [5, 5.41) is 31.5. The Balaban J connectivity index is 1.60. The molecular formula is C17H24N4O3. The fourth-order valence-electron chi connectivity index (χ4n) is 3.35. The summed E-state index contributed by atoms with van der Waals surface area (Å²) in [7, 11) is 0. The van der Waals surface area contributed by atoms with E-state index in [0.29, 0.717) is 25.7 Å². The fourth-order valence-corrected chi connectivity index (χ4v) is 3.35. The highest BCUT2D eigenvalue weighted by molar-refractivity contribution is 5.86. The quantitative estimate of drug-likeness (QED) is 0.412. The molecule has 7 heteroatoms. The fraction of sp³-hybridized carbons (Fsp3) is 0.765. The molecule has 0 atom stereocenters. The lowest BCUT2D eigenvalue weighted by atomic mass is 9.93. The van der Waals surface area contributed by atoms with Crippen LogP contribution in [-0.4, -0.2) is 23.0 Å². The van der Waals surface area contributed by atoms with E-state index in [9.17, 15) is 14.7 Å². The first kappa shape index (κ1) is 18.2. The third-order valence-corrected chi connectivity index (χ3v) is 5.39. The van der Waals surface area contributed by atoms with Crippen LogP contribution in [0.25, 0.3) is 0 Å². The van der Waals surface area contributed by atoms with Crippen molar-refractivity contribution in [2.45, 2.75) is 70.3 Å². The van der Waals surface area contributed by atoms with Crippen molar-refractivity contribution in [2.75, 3.05) is 0 Å². The Morgan fingerprint density at radius 1 is 0.917 bits per heavy atom. The van der Waals surface area contributed by atoms with E-state index < -0.39 is 6.10 Å². The molecule has 2 saturated carbocycles. The highest BCUT2D eigenvalue weighted by atomic mass is 16.3. The van der Waals surface area contributed by atoms with Gasteiger partial charge in [-0.3, -0.25) is 20.2 Å². The SMILES string of the molecule is N#CNC(=O)C1(CCCC(O)CCCC2(C(=O)NC#N)CC2)CC1. The van der Waals surface area contributed by atoms with Gasteiger partial charge in [0.2, 0.25) is 11.8 Å². The first-order valence-corrected chi connectivity index (χ1v) is 8.55. The topological polar surface area (TPSA) is 126 Å². The van der Waals surface area contributed by atoms with Crippen LogP contribution in [0.3, 0.4) is 0 Å². The van der Waals surface area contributed by atoms with Crippen molar-refractivity contribution < 1.29 is 14.7 Å². The van der Waals surface area contributed by atoms with Crippen LogP contribution < -0.4 is 10.6 Å². The molecule has 0 aliphatic heterocycles. The zero-order valence-electron chi connectivity index (χ0n) is 13.8. The molecule has 24 heavy (non-hydrogen) atoms. The minimum atomic E-state index is -0.436. The van der Waals surface area contributed by atoms with Gasteiger partial charge in [-0.1, -0.05) is 0 Å². The molecule has 130 valence electrons. The molecular weight excluding hydrogens is 308 g/mol. The molecule has 2 aliphatic carbocycles. The summed E-state index contributed by atoms with van der Waals surface area (Å²) >= 11 is 0. The Morgan fingerprint density at radius 3 is 1.58 bits per heavy atom. The van der Waals surface area contributed by atoms with Gasteiger partial charge in [0.25, 0.3) is 0 Å². The summed E-state index contributed by atoms with van der Waals surface area (Å²) < 4.78 is 0. The molecule has 2 amide bonds. The van der Waals surface area contributed by atoms with E-state index >= 15 is 0 Å². The molecule has 2 aliphatic rings. The molecule has 0 saturated heterocycles. The highest BCUT2D eigenvalue weighted by Crippen LogP contribution is 2.51. The number of carbonyl (C=O) groups is 2. The number of aliphatic hydroxyl groups is 1. The predicted molar refractivity (Wildman–Crippen MR) is 84.6 cm³/mol. The van der Waals surface area contributed by atoms with Gasteiger partial charge in [0, 0.05) is 0 Å². The second-order valence-corrected chi connectivity index (χ2v) is 7.13. The number of aliphatic hydroxyl groups excluding tert-OH is 1. The Labute approximate surface area is 142 Å². The molecule has 7 nitrogen and oxygen atoms in total. The molecule has 0 aromatic heterocycles. The van der Waals surface area contributed by atoms with Crippen LogP contribution in [0.5, 0.6) is 0 Å². The smallest absolute Gasteiger partial charge is 0.239 e. The maximum absolute atomic E-state index is 11.8. The van der Waals surface area contributed by atoms with Gasteiger partial charge >= 0.3 is 0 Å². The molecule has 0 radical (unpaired) electrons. The number of hydrogen-bond donors (Lipinski definition) is 3. The normalized spacial score (nSPS) is 19.0. The number of hydrogen-bond acceptors (Lipinski definition) is 5. The van der Waals surface area contributed by atoms with E-state index in [0.717, 1.165) is 38.5 Å². The van der Waals surface area contributed by atoms with Crippen molar-refractivity contribution in [1.29, 1.82) is 10.5 Å². The lowest BCUT2D eigenvalue weighted by molar-refractivity contribution is -0.126. The van der Waals surface area contributed by atoms with Crippen molar-refractivity contribution in [3.63, 3.8) is 0 Å². The standard InChI is InChI=1S/C17H24N4O3/c18-11-20-14(23)16(7-8-16)5-1-3-13(22)4-2-6-17(9-10-17)15(24)21-12-19/h13,22H,1-10H2,(H,20,23)(H,21,24). The van der Waals surface area contributed by atoms with Gasteiger partial charge in [0.05, 0.1) is 16.9 Å². The minimum Gasteiger partial charge on any atom is -0.393 e. The Bertz CT molecular complexity index is 517. The molecule has 3 N–H and O–H groups in total. The van der Waals surface area contributed by atoms with Crippen molar-refractivity contribution in [1.82, 2.24) is 10.6 Å². The Kier molecular flexibility index (Phi) is 5.80. The number of nitrogens with zero attached hydrogens (tertiary/aromatic N) is 2. The average molecular weight is 332 g/mol. The van der Waals surface area contributed by atoms with Crippen LogP contribution in [-0.2, 0) is 9.59 Å². The summed E-state index contributed by atoms with van der Waals surface area (Å²) in [5.41, 5.74) is -0.772. The van der Waals surface area contributed by atoms with Gasteiger partial charge < -0.3 is 5.11 Å². The maximum Gasteiger partial charge on any atom is 0.239 e. The number of amides is 2. The molecule has 0 aromatic rings. The molecule has 0 unspecified atom stereocenters. The summed E-state index contributed by atoms with van der Waals surface area (Å²) in [4.78, 5) is 23.5. The highest BCUT2D eigenvalue weighted by Gasteiger charge is 2.49. The molecule has 2 rings (SSSR count). The van der Waals surface area contributed by atoms with E-state index in [4.69, 9.17) is 10.5 Å². The molecule has 0 bridgehead atoms. The van der Waals surface area contributed by atoms with E-state index in [1.165, 1.54) is 0 Å². The van der Waals surface area contributed by atoms with Crippen LogP contribution >= 0.6 is 0 Å². The average Bonchev–Trinajstić information content (AvgIpc) is 3.43. The van der Waals surface area contributed by atoms with E-state index in [1.807, 2.05) is 0 Å². The van der Waals surface area contributed by atoms with Gasteiger partial charge in [-0.15, -0.1) is 0 Å². The van der Waals surface area contributed by atoms with Crippen LogP contribution in [0, 0.1) is 33.7 Å². The van der Waals surface area contributed by atoms with E-state index in [-0.39, 0.29) is 22.6 Å². The Hall–Kier alpha value is -2.12. The van der Waals surface area contributed by atoms with Crippen molar-refractivity contribution in [3.8, 4) is 12.4 Å². The van der Waals surface area contributed by atoms with E-state index in [2.05, 4.69) is 10.6 Å². The van der Waals surface area contributed by atoms with Crippen LogP contribution in [0.15, 0.2) is 0 Å². The minimum absolute atomic E-state index is 0.196. The first-order chi connectivity index (χ1) is 11.5. The third-order valence-electron chi connectivity index (χ3n) is 5.39. The summed E-state index contributed by atoms with van der Waals surface area (Å²) in [5.74, 6) is -0.391. The number of nitrogens with one attached hydrogen (secondary N) is 2. The largest absolute Gasteiger partial charge is 0.393 e. The Morgan fingerprint density at radius 2 is 1.29 bits per heavy atom. The summed E-state index contributed by atoms with van der Waals surface area (Å²) in [6.07, 6.45) is 10.3. The zero-order valence-corrected chi connectivity index (χ0v) is 13.8. The first-order valence-electron chi connectivity index (χ1n) is 8.55. The molecule has 0 aromatic carbocycles. The van der Waals surface area contributed by atoms with Crippen LogP contribution in [0.1, 0.15) is 64.2 Å². The summed E-state index contributed by atoms with van der Waals surface area (Å²) in [6.45, 7) is 0. The van der Waals surface area contributed by atoms with Crippen LogP contribution in [0.4, 0.5) is 0 Å². The summed E-state index contributed by atoms with van der Waals surface area (Å²) in [6, 6.07) is 0. The van der Waals surface area contributed by atoms with Gasteiger partial charge in [0.15, 0.2) is 12.4 Å². The van der Waals surface area contributed by atoms with Crippen molar-refractivity contribution in [3.05, 3.63) is 0 Å².